The van der Waals surface area contributed by atoms with Gasteiger partial charge in [-0.3, -0.25) is 0 Å². The van der Waals surface area contributed by atoms with Crippen LogP contribution in [-0.2, 0) is 16.6 Å². The lowest BCUT2D eigenvalue weighted by molar-refractivity contribution is 0.280. The van der Waals surface area contributed by atoms with Gasteiger partial charge < -0.3 is 5.11 Å². The minimum atomic E-state index is -3.49. The molecule has 0 saturated carbocycles. The van der Waals surface area contributed by atoms with Gasteiger partial charge in [-0.15, -0.1) is 0 Å². The van der Waals surface area contributed by atoms with Crippen LogP contribution in [0.1, 0.15) is 24.0 Å². The van der Waals surface area contributed by atoms with E-state index in [0.29, 0.717) is 11.1 Å². The Kier molecular flexibility index (Phi) is 4.89. The number of thioether (sulfide) groups is 1. The minimum Gasteiger partial charge on any atom is -0.392 e. The highest BCUT2D eigenvalue weighted by Crippen LogP contribution is 2.22. The van der Waals surface area contributed by atoms with Crippen molar-refractivity contribution in [2.45, 2.75) is 37.3 Å². The average molecular weight is 301 g/mol. The first-order valence-corrected chi connectivity index (χ1v) is 8.98. The molecule has 1 aromatic rings. The predicted octanol–water partition coefficient (Wildman–Crippen LogP) is 1.66. The van der Waals surface area contributed by atoms with E-state index >= 15 is 0 Å². The molecular formula is C13H19NO3S2. The molecule has 0 unspecified atom stereocenters. The van der Waals surface area contributed by atoms with Crippen LogP contribution in [0.5, 0.6) is 0 Å². The zero-order valence-electron chi connectivity index (χ0n) is 10.9. The van der Waals surface area contributed by atoms with Crippen molar-refractivity contribution in [2.24, 2.45) is 0 Å². The van der Waals surface area contributed by atoms with Crippen LogP contribution in [0, 0.1) is 6.92 Å². The molecule has 0 aliphatic carbocycles. The second-order valence-electron chi connectivity index (χ2n) is 4.71. The number of rotatable bonds is 4. The van der Waals surface area contributed by atoms with Crippen molar-refractivity contribution in [3.63, 3.8) is 0 Å². The first-order valence-electron chi connectivity index (χ1n) is 6.34. The smallest absolute Gasteiger partial charge is 0.241 e. The molecule has 4 nitrogen and oxygen atoms in total. The second-order valence-corrected chi connectivity index (χ2v) is 7.61. The van der Waals surface area contributed by atoms with E-state index in [1.165, 1.54) is 0 Å². The SMILES string of the molecule is Cc1c(CO)cccc1S(=O)(=O)NC1CCSCC1. The largest absolute Gasteiger partial charge is 0.392 e. The molecule has 1 heterocycles. The van der Waals surface area contributed by atoms with Gasteiger partial charge in [0, 0.05) is 6.04 Å². The molecule has 19 heavy (non-hydrogen) atoms. The molecule has 0 amide bonds. The van der Waals surface area contributed by atoms with E-state index in [0.717, 1.165) is 24.3 Å². The maximum Gasteiger partial charge on any atom is 0.241 e. The van der Waals surface area contributed by atoms with Crippen molar-refractivity contribution in [1.82, 2.24) is 4.72 Å². The summed E-state index contributed by atoms with van der Waals surface area (Å²) in [6, 6.07) is 5.03. The summed E-state index contributed by atoms with van der Waals surface area (Å²) in [6.07, 6.45) is 1.76. The zero-order valence-corrected chi connectivity index (χ0v) is 12.6. The van der Waals surface area contributed by atoms with Crippen molar-refractivity contribution in [2.75, 3.05) is 11.5 Å². The lowest BCUT2D eigenvalue weighted by Crippen LogP contribution is -2.37. The van der Waals surface area contributed by atoms with E-state index in [4.69, 9.17) is 0 Å². The monoisotopic (exact) mass is 301 g/mol. The van der Waals surface area contributed by atoms with E-state index in [1.54, 1.807) is 25.1 Å². The molecule has 6 heteroatoms. The molecule has 0 atom stereocenters. The highest BCUT2D eigenvalue weighted by atomic mass is 32.2. The Morgan fingerprint density at radius 1 is 1.37 bits per heavy atom. The Morgan fingerprint density at radius 2 is 2.05 bits per heavy atom. The number of benzene rings is 1. The number of aliphatic hydroxyl groups excluding tert-OH is 1. The molecule has 0 radical (unpaired) electrons. The van der Waals surface area contributed by atoms with E-state index in [-0.39, 0.29) is 17.5 Å². The first-order chi connectivity index (χ1) is 9.04. The van der Waals surface area contributed by atoms with E-state index in [1.807, 2.05) is 11.8 Å². The van der Waals surface area contributed by atoms with Crippen LogP contribution in [0.25, 0.3) is 0 Å². The summed E-state index contributed by atoms with van der Waals surface area (Å²) in [5.41, 5.74) is 1.28. The zero-order chi connectivity index (χ0) is 13.9. The maximum absolute atomic E-state index is 12.4. The molecule has 0 spiro atoms. The number of aliphatic hydroxyl groups is 1. The molecule has 1 aliphatic rings. The summed E-state index contributed by atoms with van der Waals surface area (Å²) in [6.45, 7) is 1.59. The Balaban J connectivity index is 2.23. The van der Waals surface area contributed by atoms with Crippen LogP contribution in [0.3, 0.4) is 0 Å². The van der Waals surface area contributed by atoms with E-state index < -0.39 is 10.0 Å². The number of nitrogens with one attached hydrogen (secondary N) is 1. The predicted molar refractivity (Wildman–Crippen MR) is 77.8 cm³/mol. The lowest BCUT2D eigenvalue weighted by Gasteiger charge is -2.23. The molecule has 1 aliphatic heterocycles. The van der Waals surface area contributed by atoms with E-state index in [9.17, 15) is 13.5 Å². The molecule has 2 N–H and O–H groups in total. The summed E-state index contributed by atoms with van der Waals surface area (Å²) in [4.78, 5) is 0.275. The number of hydrogen-bond donors (Lipinski definition) is 2. The highest BCUT2D eigenvalue weighted by Gasteiger charge is 2.23. The Labute approximate surface area is 118 Å². The topological polar surface area (TPSA) is 66.4 Å². The van der Waals surface area contributed by atoms with Crippen LogP contribution in [0.2, 0.25) is 0 Å². The number of sulfonamides is 1. The van der Waals surface area contributed by atoms with Gasteiger partial charge in [0.15, 0.2) is 0 Å². The van der Waals surface area contributed by atoms with Gasteiger partial charge >= 0.3 is 0 Å². The average Bonchev–Trinajstić information content (AvgIpc) is 2.39. The first kappa shape index (κ1) is 14.8. The Morgan fingerprint density at radius 3 is 2.68 bits per heavy atom. The van der Waals surface area contributed by atoms with Crippen molar-refractivity contribution in [1.29, 1.82) is 0 Å². The fourth-order valence-corrected chi connectivity index (χ4v) is 4.92. The molecular weight excluding hydrogens is 282 g/mol. The van der Waals surface area contributed by atoms with Crippen molar-refractivity contribution < 1.29 is 13.5 Å². The maximum atomic E-state index is 12.4. The van der Waals surface area contributed by atoms with Gasteiger partial charge in [-0.2, -0.15) is 11.8 Å². The molecule has 1 aromatic carbocycles. The van der Waals surface area contributed by atoms with Gasteiger partial charge in [0.2, 0.25) is 10.0 Å². The van der Waals surface area contributed by atoms with Crippen LogP contribution in [-0.4, -0.2) is 31.1 Å². The van der Waals surface area contributed by atoms with Crippen LogP contribution < -0.4 is 4.72 Å². The molecule has 1 saturated heterocycles. The standard InChI is InChI=1S/C13H19NO3S2/c1-10-11(9-15)3-2-4-13(10)19(16,17)14-12-5-7-18-8-6-12/h2-4,12,14-15H,5-9H2,1H3. The molecule has 106 valence electrons. The van der Waals surface area contributed by atoms with Crippen LogP contribution in [0.15, 0.2) is 23.1 Å². The normalized spacial score (nSPS) is 17.6. The fourth-order valence-electron chi connectivity index (χ4n) is 2.22. The quantitative estimate of drug-likeness (QED) is 0.887. The van der Waals surface area contributed by atoms with E-state index in [2.05, 4.69) is 4.72 Å². The molecule has 0 bridgehead atoms. The van der Waals surface area contributed by atoms with Crippen LogP contribution >= 0.6 is 11.8 Å². The van der Waals surface area contributed by atoms with Gasteiger partial charge in [0.25, 0.3) is 0 Å². The summed E-state index contributed by atoms with van der Waals surface area (Å²) in [5, 5.41) is 9.21. The lowest BCUT2D eigenvalue weighted by atomic mass is 10.1. The molecule has 1 fully saturated rings. The van der Waals surface area contributed by atoms with Gasteiger partial charge in [-0.1, -0.05) is 12.1 Å². The molecule has 0 aromatic heterocycles. The Bertz CT molecular complexity index is 537. The third-order valence-corrected chi connectivity index (χ3v) is 6.11. The van der Waals surface area contributed by atoms with Crippen molar-refractivity contribution in [3.05, 3.63) is 29.3 Å². The van der Waals surface area contributed by atoms with Gasteiger partial charge in [0.05, 0.1) is 11.5 Å². The van der Waals surface area contributed by atoms with Crippen molar-refractivity contribution >= 4 is 21.8 Å². The van der Waals surface area contributed by atoms with Crippen LogP contribution in [0.4, 0.5) is 0 Å². The van der Waals surface area contributed by atoms with Gasteiger partial charge in [-0.25, -0.2) is 13.1 Å². The minimum absolute atomic E-state index is 0.0310. The van der Waals surface area contributed by atoms with Gasteiger partial charge in [0.1, 0.15) is 0 Å². The second kappa shape index (κ2) is 6.26. The summed E-state index contributed by atoms with van der Waals surface area (Å²) in [5.74, 6) is 2.01. The van der Waals surface area contributed by atoms with Crippen molar-refractivity contribution in [3.8, 4) is 0 Å². The highest BCUT2D eigenvalue weighted by molar-refractivity contribution is 7.99. The summed E-state index contributed by atoms with van der Waals surface area (Å²) >= 11 is 1.86. The fraction of sp³-hybridized carbons (Fsp3) is 0.538. The summed E-state index contributed by atoms with van der Waals surface area (Å²) in [7, 11) is -3.49. The third-order valence-electron chi connectivity index (χ3n) is 3.40. The Hall–Kier alpha value is -0.560. The molecule has 2 rings (SSSR count). The number of hydrogen-bond acceptors (Lipinski definition) is 4. The third kappa shape index (κ3) is 3.51. The summed E-state index contributed by atoms with van der Waals surface area (Å²) < 4.78 is 27.6. The van der Waals surface area contributed by atoms with Gasteiger partial charge in [-0.05, 0) is 48.5 Å².